The van der Waals surface area contributed by atoms with E-state index in [2.05, 4.69) is 48.0 Å². The van der Waals surface area contributed by atoms with E-state index in [-0.39, 0.29) is 18.2 Å². The molecule has 11 heteroatoms. The number of benzene rings is 3. The zero-order valence-electron chi connectivity index (χ0n) is 26.2. The molecule has 1 N–H and O–H groups in total. The molecule has 246 valence electrons. The van der Waals surface area contributed by atoms with Crippen molar-refractivity contribution in [2.45, 2.75) is 64.2 Å². The van der Waals surface area contributed by atoms with E-state index in [4.69, 9.17) is 16.6 Å². The molecule has 0 spiro atoms. The molecule has 1 aliphatic rings. The maximum Gasteiger partial charge on any atom is 0.416 e. The summed E-state index contributed by atoms with van der Waals surface area (Å²) in [7, 11) is 0. The normalized spacial score (nSPS) is 14.9. The number of rotatable bonds is 11. The zero-order valence-corrected chi connectivity index (χ0v) is 26.9. The van der Waals surface area contributed by atoms with Crippen LogP contribution in [0.15, 0.2) is 79.0 Å². The Labute approximate surface area is 277 Å². The summed E-state index contributed by atoms with van der Waals surface area (Å²) in [6.45, 7) is 4.11. The molecule has 4 aromatic rings. The van der Waals surface area contributed by atoms with E-state index in [1.807, 2.05) is 24.3 Å². The molecule has 0 unspecified atom stereocenters. The van der Waals surface area contributed by atoms with Gasteiger partial charge in [0.15, 0.2) is 0 Å². The second kappa shape index (κ2) is 14.5. The standard InChI is InChI=1S/C36H36ClF3N4O3/c1-23(2)26-10-5-24(6-11-26)9-18-31-30(20-41-35(42-31)44-19-3-4-32(44)27-12-16-29(37)17-13-27)34(47)43(22-33(45)46)21-25-7-14-28(15-8-25)36(38,39)40/h5-8,10-17,20,23,32H,3-4,9,18-19,21-22H2,1-2H3,(H,45,46)/t32-/m0/s1. The smallest absolute Gasteiger partial charge is 0.416 e. The van der Waals surface area contributed by atoms with E-state index in [1.54, 1.807) is 0 Å². The van der Waals surface area contributed by atoms with Crippen LogP contribution < -0.4 is 4.90 Å². The minimum Gasteiger partial charge on any atom is -0.480 e. The van der Waals surface area contributed by atoms with Crippen LogP contribution in [0.2, 0.25) is 5.02 Å². The molecule has 0 radical (unpaired) electrons. The number of hydrogen-bond donors (Lipinski definition) is 1. The van der Waals surface area contributed by atoms with Crippen molar-refractivity contribution in [1.82, 2.24) is 14.9 Å². The van der Waals surface area contributed by atoms with E-state index in [9.17, 15) is 27.9 Å². The van der Waals surface area contributed by atoms with Gasteiger partial charge in [0.2, 0.25) is 5.95 Å². The van der Waals surface area contributed by atoms with E-state index in [0.29, 0.717) is 41.0 Å². The van der Waals surface area contributed by atoms with Crippen molar-refractivity contribution in [3.8, 4) is 0 Å². The first kappa shape index (κ1) is 33.9. The van der Waals surface area contributed by atoms with Crippen LogP contribution in [0.4, 0.5) is 19.1 Å². The fourth-order valence-electron chi connectivity index (χ4n) is 5.84. The number of carbonyl (C=O) groups is 2. The Morgan fingerprint density at radius 1 is 0.979 bits per heavy atom. The van der Waals surface area contributed by atoms with Gasteiger partial charge in [-0.15, -0.1) is 0 Å². The maximum absolute atomic E-state index is 14.0. The molecule has 0 saturated carbocycles. The van der Waals surface area contributed by atoms with Crippen molar-refractivity contribution in [2.24, 2.45) is 0 Å². The number of carbonyl (C=O) groups excluding carboxylic acids is 1. The van der Waals surface area contributed by atoms with E-state index < -0.39 is 30.2 Å². The average Bonchev–Trinajstić information content (AvgIpc) is 3.53. The fraction of sp³-hybridized carbons (Fsp3) is 0.333. The molecule has 1 aromatic heterocycles. The predicted octanol–water partition coefficient (Wildman–Crippen LogP) is 8.13. The topological polar surface area (TPSA) is 86.6 Å². The van der Waals surface area contributed by atoms with Crippen molar-refractivity contribution >= 4 is 29.4 Å². The lowest BCUT2D eigenvalue weighted by Gasteiger charge is -2.27. The summed E-state index contributed by atoms with van der Waals surface area (Å²) >= 11 is 6.13. The summed E-state index contributed by atoms with van der Waals surface area (Å²) in [6, 6.07) is 20.3. The molecular weight excluding hydrogens is 629 g/mol. The van der Waals surface area contributed by atoms with Gasteiger partial charge in [0, 0.05) is 24.3 Å². The van der Waals surface area contributed by atoms with Gasteiger partial charge in [-0.2, -0.15) is 13.2 Å². The second-order valence-corrected chi connectivity index (χ2v) is 12.5. The van der Waals surface area contributed by atoms with Crippen LogP contribution in [-0.2, 0) is 30.4 Å². The highest BCUT2D eigenvalue weighted by molar-refractivity contribution is 6.30. The number of carboxylic acids is 1. The number of hydrogen-bond acceptors (Lipinski definition) is 5. The van der Waals surface area contributed by atoms with E-state index in [0.717, 1.165) is 47.5 Å². The number of amides is 1. The maximum atomic E-state index is 14.0. The molecule has 7 nitrogen and oxygen atoms in total. The number of aliphatic carboxylic acids is 1. The minimum atomic E-state index is -4.51. The van der Waals surface area contributed by atoms with Crippen LogP contribution >= 0.6 is 11.6 Å². The molecule has 1 fully saturated rings. The van der Waals surface area contributed by atoms with Crippen molar-refractivity contribution in [3.05, 3.63) is 123 Å². The Morgan fingerprint density at radius 2 is 1.64 bits per heavy atom. The third kappa shape index (κ3) is 8.48. The SMILES string of the molecule is CC(C)c1ccc(CCc2nc(N3CCC[C@H]3c3ccc(Cl)cc3)ncc2C(=O)N(CC(=O)O)Cc2ccc(C(F)(F)F)cc2)cc1. The number of anilines is 1. The summed E-state index contributed by atoms with van der Waals surface area (Å²) in [4.78, 5) is 38.5. The molecule has 1 amide bonds. The van der Waals surface area contributed by atoms with Crippen LogP contribution in [0.5, 0.6) is 0 Å². The van der Waals surface area contributed by atoms with Gasteiger partial charge < -0.3 is 14.9 Å². The number of carboxylic acid groups (broad SMARTS) is 1. The van der Waals surface area contributed by atoms with Gasteiger partial charge in [-0.3, -0.25) is 9.59 Å². The van der Waals surface area contributed by atoms with Crippen molar-refractivity contribution in [1.29, 1.82) is 0 Å². The van der Waals surface area contributed by atoms with Crippen LogP contribution in [0.3, 0.4) is 0 Å². The van der Waals surface area contributed by atoms with Crippen LogP contribution in [0, 0.1) is 0 Å². The molecule has 3 aromatic carbocycles. The Bertz CT molecular complexity index is 1700. The predicted molar refractivity (Wildman–Crippen MR) is 175 cm³/mol. The van der Waals surface area contributed by atoms with Crippen LogP contribution in [-0.4, -0.2) is 44.9 Å². The van der Waals surface area contributed by atoms with Gasteiger partial charge in [-0.05, 0) is 78.1 Å². The first-order chi connectivity index (χ1) is 22.4. The molecular formula is C36H36ClF3N4O3. The van der Waals surface area contributed by atoms with Gasteiger partial charge >= 0.3 is 12.1 Å². The Hall–Kier alpha value is -4.44. The largest absolute Gasteiger partial charge is 0.480 e. The average molecular weight is 665 g/mol. The molecule has 2 heterocycles. The Kier molecular flexibility index (Phi) is 10.5. The molecule has 5 rings (SSSR count). The van der Waals surface area contributed by atoms with Crippen molar-refractivity contribution in [2.75, 3.05) is 18.0 Å². The summed E-state index contributed by atoms with van der Waals surface area (Å²) in [5.41, 5.74) is 3.50. The van der Waals surface area contributed by atoms with Gasteiger partial charge in [0.1, 0.15) is 6.54 Å². The van der Waals surface area contributed by atoms with Gasteiger partial charge in [-0.1, -0.05) is 74.0 Å². The number of alkyl halides is 3. The second-order valence-electron chi connectivity index (χ2n) is 12.1. The number of nitrogens with zero attached hydrogens (tertiary/aromatic N) is 4. The summed E-state index contributed by atoms with van der Waals surface area (Å²) in [5, 5.41) is 10.3. The van der Waals surface area contributed by atoms with Gasteiger partial charge in [0.05, 0.1) is 22.9 Å². The first-order valence-electron chi connectivity index (χ1n) is 15.5. The minimum absolute atomic E-state index is 0.0217. The highest BCUT2D eigenvalue weighted by Gasteiger charge is 2.32. The summed E-state index contributed by atoms with van der Waals surface area (Å²) in [6.07, 6.45) is -0.288. The highest BCUT2D eigenvalue weighted by Crippen LogP contribution is 2.35. The third-order valence-electron chi connectivity index (χ3n) is 8.41. The molecule has 0 bridgehead atoms. The summed E-state index contributed by atoms with van der Waals surface area (Å²) in [5.74, 6) is -1.01. The fourth-order valence-corrected chi connectivity index (χ4v) is 5.96. The van der Waals surface area contributed by atoms with E-state index in [1.165, 1.54) is 23.9 Å². The van der Waals surface area contributed by atoms with Crippen molar-refractivity contribution in [3.63, 3.8) is 0 Å². The first-order valence-corrected chi connectivity index (χ1v) is 15.9. The van der Waals surface area contributed by atoms with Crippen LogP contribution in [0.25, 0.3) is 0 Å². The molecule has 1 aliphatic heterocycles. The molecule has 0 aliphatic carbocycles. The van der Waals surface area contributed by atoms with Crippen molar-refractivity contribution < 1.29 is 27.9 Å². The zero-order chi connectivity index (χ0) is 33.7. The quantitative estimate of drug-likeness (QED) is 0.174. The molecule has 47 heavy (non-hydrogen) atoms. The number of halogens is 4. The van der Waals surface area contributed by atoms with Gasteiger partial charge in [-0.25, -0.2) is 9.97 Å². The lowest BCUT2D eigenvalue weighted by molar-refractivity contribution is -0.138. The summed E-state index contributed by atoms with van der Waals surface area (Å²) < 4.78 is 39.3. The lowest BCUT2D eigenvalue weighted by Crippen LogP contribution is -2.36. The monoisotopic (exact) mass is 664 g/mol. The highest BCUT2D eigenvalue weighted by atomic mass is 35.5. The molecule has 1 atom stereocenters. The number of aromatic nitrogens is 2. The third-order valence-corrected chi connectivity index (χ3v) is 8.67. The molecule has 1 saturated heterocycles. The van der Waals surface area contributed by atoms with E-state index >= 15 is 0 Å². The number of aryl methyl sites for hydroxylation is 2. The van der Waals surface area contributed by atoms with Crippen LogP contribution in [0.1, 0.15) is 82.5 Å². The Morgan fingerprint density at radius 3 is 2.26 bits per heavy atom. The van der Waals surface area contributed by atoms with Gasteiger partial charge in [0.25, 0.3) is 5.91 Å². The lowest BCUT2D eigenvalue weighted by atomic mass is 9.99. The Balaban J connectivity index is 1.47.